The van der Waals surface area contributed by atoms with Gasteiger partial charge in [0.2, 0.25) is 18.3 Å². The van der Waals surface area contributed by atoms with Crippen molar-refractivity contribution in [3.63, 3.8) is 0 Å². The van der Waals surface area contributed by atoms with E-state index in [1.165, 1.54) is 0 Å². The van der Waals surface area contributed by atoms with E-state index < -0.39 is 0 Å². The van der Waals surface area contributed by atoms with Crippen LogP contribution in [0.5, 0.6) is 23.0 Å². The van der Waals surface area contributed by atoms with Crippen molar-refractivity contribution in [1.82, 2.24) is 0 Å². The van der Waals surface area contributed by atoms with Crippen LogP contribution in [0.3, 0.4) is 0 Å². The smallest absolute Gasteiger partial charge is 0.231 e. The van der Waals surface area contributed by atoms with E-state index in [1.807, 2.05) is 0 Å². The van der Waals surface area contributed by atoms with Crippen molar-refractivity contribution in [3.8, 4) is 23.0 Å². The lowest BCUT2D eigenvalue weighted by Gasteiger charge is -2.12. The molecule has 0 unspecified atom stereocenters. The third kappa shape index (κ3) is 1.83. The molecule has 90 valence electrons. The fourth-order valence-electron chi connectivity index (χ4n) is 1.59. The lowest BCUT2D eigenvalue weighted by Crippen LogP contribution is -2.01. The summed E-state index contributed by atoms with van der Waals surface area (Å²) in [6, 6.07) is 1.80. The fourth-order valence-corrected chi connectivity index (χ4v) is 1.59. The summed E-state index contributed by atoms with van der Waals surface area (Å²) < 4.78 is 21.0. The molecule has 2 N–H and O–H groups in total. The zero-order chi connectivity index (χ0) is 10.8. The largest absolute Gasteiger partial charge is 0.493 e. The zero-order valence-electron chi connectivity index (χ0n) is 9.11. The number of ether oxygens (including phenoxy) is 4. The van der Waals surface area contributed by atoms with E-state index in [9.17, 15) is 0 Å². The highest BCUT2D eigenvalue weighted by Crippen LogP contribution is 2.49. The standard InChI is InChI=1S/C10H13NO4.ClH/c1-12-7-3-6(4-11)8(13-2)10-9(7)14-5-15-10;/h3H,4-5,11H2,1-2H3;1H. The number of halogens is 1. The first-order chi connectivity index (χ1) is 7.31. The number of benzene rings is 1. The first kappa shape index (κ1) is 12.7. The Bertz CT molecular complexity index is 384. The van der Waals surface area contributed by atoms with Gasteiger partial charge in [0, 0.05) is 12.1 Å². The minimum Gasteiger partial charge on any atom is -0.493 e. The monoisotopic (exact) mass is 247 g/mol. The van der Waals surface area contributed by atoms with Gasteiger partial charge in [0.25, 0.3) is 0 Å². The number of rotatable bonds is 3. The molecule has 0 fully saturated rings. The molecule has 0 radical (unpaired) electrons. The van der Waals surface area contributed by atoms with Gasteiger partial charge in [-0.1, -0.05) is 0 Å². The van der Waals surface area contributed by atoms with Gasteiger partial charge in [0.15, 0.2) is 11.5 Å². The highest BCUT2D eigenvalue weighted by Gasteiger charge is 2.26. The van der Waals surface area contributed by atoms with Crippen molar-refractivity contribution >= 4 is 12.4 Å². The average molecular weight is 248 g/mol. The molecule has 5 nitrogen and oxygen atoms in total. The minimum atomic E-state index is 0. The van der Waals surface area contributed by atoms with E-state index in [2.05, 4.69) is 0 Å². The quantitative estimate of drug-likeness (QED) is 0.873. The number of methoxy groups -OCH3 is 2. The van der Waals surface area contributed by atoms with Gasteiger partial charge in [-0.15, -0.1) is 12.4 Å². The summed E-state index contributed by atoms with van der Waals surface area (Å²) in [4.78, 5) is 0. The molecule has 0 spiro atoms. The molecular weight excluding hydrogens is 234 g/mol. The summed E-state index contributed by atoms with van der Waals surface area (Å²) >= 11 is 0. The van der Waals surface area contributed by atoms with Crippen LogP contribution in [0.15, 0.2) is 6.07 Å². The molecular formula is C10H14ClNO4. The summed E-state index contributed by atoms with van der Waals surface area (Å²) in [6.45, 7) is 0.534. The number of fused-ring (bicyclic) bond motifs is 1. The normalized spacial score (nSPS) is 11.9. The molecule has 1 aliphatic rings. The molecule has 0 saturated heterocycles. The molecule has 16 heavy (non-hydrogen) atoms. The molecule has 0 amide bonds. The van der Waals surface area contributed by atoms with Gasteiger partial charge >= 0.3 is 0 Å². The van der Waals surface area contributed by atoms with E-state index in [1.54, 1.807) is 20.3 Å². The highest BCUT2D eigenvalue weighted by molar-refractivity contribution is 5.85. The Hall–Kier alpha value is -1.33. The summed E-state index contributed by atoms with van der Waals surface area (Å²) in [5.74, 6) is 2.37. The van der Waals surface area contributed by atoms with E-state index in [-0.39, 0.29) is 19.2 Å². The van der Waals surface area contributed by atoms with Crippen molar-refractivity contribution in [2.75, 3.05) is 21.0 Å². The third-order valence-corrected chi connectivity index (χ3v) is 2.28. The van der Waals surface area contributed by atoms with E-state index >= 15 is 0 Å². The molecule has 1 heterocycles. The average Bonchev–Trinajstić information content (AvgIpc) is 2.75. The lowest BCUT2D eigenvalue weighted by atomic mass is 10.1. The first-order valence-corrected chi connectivity index (χ1v) is 4.55. The zero-order valence-corrected chi connectivity index (χ0v) is 9.93. The fraction of sp³-hybridized carbons (Fsp3) is 0.400. The van der Waals surface area contributed by atoms with Crippen molar-refractivity contribution in [1.29, 1.82) is 0 Å². The molecule has 6 heteroatoms. The second-order valence-corrected chi connectivity index (χ2v) is 3.04. The van der Waals surface area contributed by atoms with Crippen LogP contribution in [-0.2, 0) is 6.54 Å². The minimum absolute atomic E-state index is 0. The summed E-state index contributed by atoms with van der Waals surface area (Å²) in [7, 11) is 3.15. The molecule has 0 bridgehead atoms. The summed E-state index contributed by atoms with van der Waals surface area (Å²) in [6.07, 6.45) is 0. The summed E-state index contributed by atoms with van der Waals surface area (Å²) in [5, 5.41) is 0. The molecule has 1 aromatic carbocycles. The predicted octanol–water partition coefficient (Wildman–Crippen LogP) is 1.31. The van der Waals surface area contributed by atoms with Gasteiger partial charge in [-0.2, -0.15) is 0 Å². The van der Waals surface area contributed by atoms with E-state index in [0.717, 1.165) is 5.56 Å². The van der Waals surface area contributed by atoms with Gasteiger partial charge < -0.3 is 24.7 Å². The SMILES string of the molecule is COc1cc(CN)c(OC)c2c1OCO2.Cl. The maximum absolute atomic E-state index is 5.61. The van der Waals surface area contributed by atoms with Gasteiger partial charge in [-0.05, 0) is 6.07 Å². The Labute approximate surface area is 99.8 Å². The molecule has 2 rings (SSSR count). The van der Waals surface area contributed by atoms with Gasteiger partial charge in [-0.3, -0.25) is 0 Å². The number of hydrogen-bond donors (Lipinski definition) is 1. The van der Waals surface area contributed by atoms with Crippen molar-refractivity contribution in [3.05, 3.63) is 11.6 Å². The maximum atomic E-state index is 5.61. The van der Waals surface area contributed by atoms with Crippen molar-refractivity contribution in [2.24, 2.45) is 5.73 Å². The lowest BCUT2D eigenvalue weighted by molar-refractivity contribution is 0.168. The molecule has 0 aromatic heterocycles. The molecule has 0 atom stereocenters. The molecule has 0 saturated carbocycles. The maximum Gasteiger partial charge on any atom is 0.231 e. The third-order valence-electron chi connectivity index (χ3n) is 2.28. The number of hydrogen-bond acceptors (Lipinski definition) is 5. The van der Waals surface area contributed by atoms with Gasteiger partial charge in [-0.25, -0.2) is 0 Å². The van der Waals surface area contributed by atoms with Crippen LogP contribution in [0.4, 0.5) is 0 Å². The van der Waals surface area contributed by atoms with Crippen LogP contribution in [0.1, 0.15) is 5.56 Å². The van der Waals surface area contributed by atoms with Crippen LogP contribution in [0.25, 0.3) is 0 Å². The van der Waals surface area contributed by atoms with Crippen molar-refractivity contribution in [2.45, 2.75) is 6.54 Å². The number of nitrogens with two attached hydrogens (primary N) is 1. The highest BCUT2D eigenvalue weighted by atomic mass is 35.5. The topological polar surface area (TPSA) is 62.9 Å². The Morgan fingerprint density at radius 1 is 1.25 bits per heavy atom. The van der Waals surface area contributed by atoms with Gasteiger partial charge in [0.05, 0.1) is 14.2 Å². The van der Waals surface area contributed by atoms with Crippen LogP contribution in [0, 0.1) is 0 Å². The Kier molecular flexibility index (Phi) is 4.09. The molecule has 0 aliphatic carbocycles. The van der Waals surface area contributed by atoms with Crippen LogP contribution < -0.4 is 24.7 Å². The second-order valence-electron chi connectivity index (χ2n) is 3.04. The first-order valence-electron chi connectivity index (χ1n) is 4.55. The van der Waals surface area contributed by atoms with Crippen LogP contribution in [0.2, 0.25) is 0 Å². The Morgan fingerprint density at radius 3 is 2.50 bits per heavy atom. The van der Waals surface area contributed by atoms with Gasteiger partial charge in [0.1, 0.15) is 0 Å². The summed E-state index contributed by atoms with van der Waals surface area (Å²) in [5.41, 5.74) is 6.44. The van der Waals surface area contributed by atoms with Crippen LogP contribution >= 0.6 is 12.4 Å². The van der Waals surface area contributed by atoms with Crippen molar-refractivity contribution < 1.29 is 18.9 Å². The predicted molar refractivity (Wildman–Crippen MR) is 60.8 cm³/mol. The van der Waals surface area contributed by atoms with E-state index in [0.29, 0.717) is 29.5 Å². The molecule has 1 aromatic rings. The Balaban J connectivity index is 0.00000128. The second kappa shape index (κ2) is 5.14. The molecule has 1 aliphatic heterocycles. The van der Waals surface area contributed by atoms with Crippen LogP contribution in [-0.4, -0.2) is 21.0 Å². The Morgan fingerprint density at radius 2 is 1.94 bits per heavy atom. The van der Waals surface area contributed by atoms with E-state index in [4.69, 9.17) is 24.7 Å².